The van der Waals surface area contributed by atoms with Crippen LogP contribution in [-0.4, -0.2) is 37.7 Å². The van der Waals surface area contributed by atoms with E-state index in [1.807, 2.05) is 0 Å². The topological polar surface area (TPSA) is 69.4 Å². The van der Waals surface area contributed by atoms with E-state index in [0.717, 1.165) is 0 Å². The second-order valence-electron chi connectivity index (χ2n) is 4.56. The minimum Gasteiger partial charge on any atom is -0.381 e. The van der Waals surface area contributed by atoms with Crippen molar-refractivity contribution in [2.75, 3.05) is 13.2 Å². The summed E-state index contributed by atoms with van der Waals surface area (Å²) < 4.78 is 29.1. The first kappa shape index (κ1) is 12.9. The Hall–Kier alpha value is -0.130. The van der Waals surface area contributed by atoms with Gasteiger partial charge in [0.25, 0.3) is 0 Å². The fraction of sp³-hybridized carbons (Fsp3) is 1.00. The largest absolute Gasteiger partial charge is 0.381 e. The molecule has 0 amide bonds. The van der Waals surface area contributed by atoms with Crippen LogP contribution >= 0.6 is 0 Å². The molecule has 1 fully saturated rings. The third kappa shape index (κ3) is 2.05. The molecule has 15 heavy (non-hydrogen) atoms. The van der Waals surface area contributed by atoms with Gasteiger partial charge in [0, 0.05) is 19.3 Å². The summed E-state index contributed by atoms with van der Waals surface area (Å²) in [5, 5.41) is -0.374. The van der Waals surface area contributed by atoms with E-state index in [1.165, 1.54) is 0 Å². The monoisotopic (exact) mass is 235 g/mol. The van der Waals surface area contributed by atoms with E-state index >= 15 is 0 Å². The van der Waals surface area contributed by atoms with Gasteiger partial charge in [-0.15, -0.1) is 0 Å². The van der Waals surface area contributed by atoms with Crippen LogP contribution in [0.3, 0.4) is 0 Å². The summed E-state index contributed by atoms with van der Waals surface area (Å²) in [6.07, 6.45) is 1.04. The molecule has 0 bridgehead atoms. The van der Waals surface area contributed by atoms with Gasteiger partial charge < -0.3 is 10.5 Å². The number of hydrogen-bond acceptors (Lipinski definition) is 4. The van der Waals surface area contributed by atoms with Crippen molar-refractivity contribution >= 4 is 9.84 Å². The highest BCUT2D eigenvalue weighted by molar-refractivity contribution is 7.93. The third-order valence-electron chi connectivity index (χ3n) is 3.36. The number of ether oxygens (including phenoxy) is 1. The predicted octanol–water partition coefficient (Wildman–Crippen LogP) is 0.706. The summed E-state index contributed by atoms with van der Waals surface area (Å²) >= 11 is 0. The summed E-state index contributed by atoms with van der Waals surface area (Å²) in [6.45, 7) is 6.20. The van der Waals surface area contributed by atoms with E-state index in [-0.39, 0.29) is 11.3 Å². The molecule has 0 aromatic heterocycles. The van der Waals surface area contributed by atoms with Crippen LogP contribution in [0, 0.1) is 0 Å². The van der Waals surface area contributed by atoms with Crippen molar-refractivity contribution in [1.29, 1.82) is 0 Å². The minimum absolute atomic E-state index is 0.339. The average molecular weight is 235 g/mol. The molecule has 1 rings (SSSR count). The van der Waals surface area contributed by atoms with Gasteiger partial charge >= 0.3 is 0 Å². The first-order valence-corrected chi connectivity index (χ1v) is 6.96. The summed E-state index contributed by atoms with van der Waals surface area (Å²) in [6, 6.07) is -0.339. The summed E-state index contributed by atoms with van der Waals surface area (Å²) in [5.74, 6) is 0. The maximum atomic E-state index is 12.3. The van der Waals surface area contributed by atoms with E-state index in [2.05, 4.69) is 0 Å². The maximum absolute atomic E-state index is 12.3. The highest BCUT2D eigenvalue weighted by Crippen LogP contribution is 2.35. The van der Waals surface area contributed by atoms with Crippen molar-refractivity contribution in [3.05, 3.63) is 0 Å². The number of nitrogens with two attached hydrogens (primary N) is 1. The number of sulfone groups is 1. The Labute approximate surface area is 92.1 Å². The fourth-order valence-electron chi connectivity index (χ4n) is 2.19. The molecule has 4 nitrogen and oxygen atoms in total. The van der Waals surface area contributed by atoms with Crippen molar-refractivity contribution in [3.63, 3.8) is 0 Å². The van der Waals surface area contributed by atoms with E-state index in [0.29, 0.717) is 26.1 Å². The van der Waals surface area contributed by atoms with Crippen LogP contribution in [0.25, 0.3) is 0 Å². The predicted molar refractivity (Wildman–Crippen MR) is 60.5 cm³/mol. The normalized spacial score (nSPS) is 24.1. The van der Waals surface area contributed by atoms with Gasteiger partial charge in [-0.25, -0.2) is 8.42 Å². The molecule has 5 heteroatoms. The standard InChI is InChI=1S/C10H21NO3S/c1-8(2)15(12,13)10(9(3)11)4-6-14-7-5-10/h8-9H,4-7,11H2,1-3H3. The Kier molecular flexibility index (Phi) is 3.79. The first-order chi connectivity index (χ1) is 6.84. The lowest BCUT2D eigenvalue weighted by Crippen LogP contribution is -2.57. The molecule has 0 saturated carbocycles. The molecule has 90 valence electrons. The lowest BCUT2D eigenvalue weighted by atomic mass is 9.92. The SMILES string of the molecule is CC(N)C1(S(=O)(=O)C(C)C)CCOCC1. The van der Waals surface area contributed by atoms with Gasteiger partial charge in [-0.3, -0.25) is 0 Å². The molecule has 0 spiro atoms. The van der Waals surface area contributed by atoms with Crippen molar-refractivity contribution in [1.82, 2.24) is 0 Å². The molecular weight excluding hydrogens is 214 g/mol. The van der Waals surface area contributed by atoms with Crippen molar-refractivity contribution in [3.8, 4) is 0 Å². The molecule has 0 radical (unpaired) electrons. The zero-order valence-electron chi connectivity index (χ0n) is 9.69. The molecule has 1 unspecified atom stereocenters. The minimum atomic E-state index is -3.17. The van der Waals surface area contributed by atoms with E-state index < -0.39 is 14.6 Å². The van der Waals surface area contributed by atoms with E-state index in [9.17, 15) is 8.42 Å². The Morgan fingerprint density at radius 3 is 2.00 bits per heavy atom. The highest BCUT2D eigenvalue weighted by Gasteiger charge is 2.48. The third-order valence-corrected chi connectivity index (χ3v) is 6.51. The van der Waals surface area contributed by atoms with Crippen molar-refractivity contribution in [2.24, 2.45) is 5.73 Å². The Balaban J connectivity index is 3.11. The molecule has 0 aliphatic carbocycles. The molecular formula is C10H21NO3S. The van der Waals surface area contributed by atoms with E-state index in [1.54, 1.807) is 20.8 Å². The lowest BCUT2D eigenvalue weighted by Gasteiger charge is -2.40. The Morgan fingerprint density at radius 1 is 1.20 bits per heavy atom. The highest BCUT2D eigenvalue weighted by atomic mass is 32.2. The van der Waals surface area contributed by atoms with Crippen molar-refractivity contribution < 1.29 is 13.2 Å². The molecule has 0 aromatic rings. The second kappa shape index (κ2) is 4.39. The summed E-state index contributed by atoms with van der Waals surface area (Å²) in [7, 11) is -3.17. The smallest absolute Gasteiger partial charge is 0.159 e. The molecule has 1 heterocycles. The number of rotatable bonds is 3. The Bertz CT molecular complexity index is 303. The number of hydrogen-bond donors (Lipinski definition) is 1. The molecule has 1 atom stereocenters. The molecule has 2 N–H and O–H groups in total. The first-order valence-electron chi connectivity index (χ1n) is 5.41. The summed E-state index contributed by atoms with van der Waals surface area (Å²) in [4.78, 5) is 0. The van der Waals surface area contributed by atoms with Gasteiger partial charge in [0.05, 0.1) is 10.00 Å². The Morgan fingerprint density at radius 2 is 1.67 bits per heavy atom. The van der Waals surface area contributed by atoms with Crippen LogP contribution in [0.15, 0.2) is 0 Å². The van der Waals surface area contributed by atoms with Gasteiger partial charge in [-0.2, -0.15) is 0 Å². The average Bonchev–Trinajstić information content (AvgIpc) is 2.18. The van der Waals surface area contributed by atoms with Gasteiger partial charge in [-0.1, -0.05) is 0 Å². The lowest BCUT2D eigenvalue weighted by molar-refractivity contribution is 0.0690. The van der Waals surface area contributed by atoms with Gasteiger partial charge in [0.2, 0.25) is 0 Å². The van der Waals surface area contributed by atoms with Crippen LogP contribution in [-0.2, 0) is 14.6 Å². The zero-order valence-corrected chi connectivity index (χ0v) is 10.5. The zero-order chi connectivity index (χ0) is 11.7. The van der Waals surface area contributed by atoms with Crippen LogP contribution in [0.5, 0.6) is 0 Å². The maximum Gasteiger partial charge on any atom is 0.159 e. The van der Waals surface area contributed by atoms with Gasteiger partial charge in [-0.05, 0) is 33.6 Å². The summed E-state index contributed by atoms with van der Waals surface area (Å²) in [5.41, 5.74) is 5.89. The van der Waals surface area contributed by atoms with Crippen LogP contribution in [0.2, 0.25) is 0 Å². The molecule has 1 aliphatic heterocycles. The van der Waals surface area contributed by atoms with Crippen LogP contribution in [0.1, 0.15) is 33.6 Å². The van der Waals surface area contributed by atoms with Crippen LogP contribution < -0.4 is 5.73 Å². The second-order valence-corrected chi connectivity index (χ2v) is 7.41. The van der Waals surface area contributed by atoms with E-state index in [4.69, 9.17) is 10.5 Å². The van der Waals surface area contributed by atoms with Crippen LogP contribution in [0.4, 0.5) is 0 Å². The van der Waals surface area contributed by atoms with Crippen molar-refractivity contribution in [2.45, 2.75) is 49.7 Å². The fourth-order valence-corrected chi connectivity index (χ4v) is 4.38. The molecule has 0 aromatic carbocycles. The van der Waals surface area contributed by atoms with Gasteiger partial charge in [0.15, 0.2) is 9.84 Å². The van der Waals surface area contributed by atoms with Gasteiger partial charge in [0.1, 0.15) is 0 Å². The quantitative estimate of drug-likeness (QED) is 0.782. The molecule has 1 saturated heterocycles. The molecule has 1 aliphatic rings.